The fraction of sp³-hybridized carbons (Fsp3) is 0.261. The number of carbonyl (C=O) groups is 1. The number of morpholine rings is 1. The van der Waals surface area contributed by atoms with Crippen LogP contribution >= 0.6 is 11.6 Å². The molecule has 1 saturated heterocycles. The van der Waals surface area contributed by atoms with Crippen molar-refractivity contribution in [2.45, 2.75) is 13.1 Å². The van der Waals surface area contributed by atoms with Crippen molar-refractivity contribution in [1.29, 1.82) is 0 Å². The molecule has 4 rings (SSSR count). The summed E-state index contributed by atoms with van der Waals surface area (Å²) in [6.07, 6.45) is 0. The molecule has 0 aliphatic carbocycles. The summed E-state index contributed by atoms with van der Waals surface area (Å²) in [6.45, 7) is 4.93. The molecule has 0 unspecified atom stereocenters. The van der Waals surface area contributed by atoms with Gasteiger partial charge in [-0.2, -0.15) is 0 Å². The first kappa shape index (κ1) is 19.7. The highest BCUT2D eigenvalue weighted by Gasteiger charge is 2.13. The first-order chi connectivity index (χ1) is 14.2. The maximum atomic E-state index is 12.4. The van der Waals surface area contributed by atoms with E-state index in [1.807, 2.05) is 12.1 Å². The monoisotopic (exact) mass is 410 g/mol. The second-order valence-corrected chi connectivity index (χ2v) is 7.49. The van der Waals surface area contributed by atoms with Crippen LogP contribution in [-0.4, -0.2) is 37.1 Å². The van der Waals surface area contributed by atoms with Crippen molar-refractivity contribution in [3.05, 3.63) is 82.6 Å². The Morgan fingerprint density at radius 1 is 0.931 bits per heavy atom. The number of nitrogens with one attached hydrogen (secondary N) is 1. The van der Waals surface area contributed by atoms with Crippen LogP contribution in [0.25, 0.3) is 11.3 Å². The largest absolute Gasteiger partial charge is 0.451 e. The molecule has 6 heteroatoms. The van der Waals surface area contributed by atoms with Gasteiger partial charge in [0.2, 0.25) is 0 Å². The van der Waals surface area contributed by atoms with Crippen LogP contribution in [0.1, 0.15) is 21.7 Å². The van der Waals surface area contributed by atoms with E-state index >= 15 is 0 Å². The Morgan fingerprint density at radius 3 is 2.34 bits per heavy atom. The van der Waals surface area contributed by atoms with Crippen molar-refractivity contribution in [3.63, 3.8) is 0 Å². The Labute approximate surface area is 175 Å². The zero-order chi connectivity index (χ0) is 20.1. The van der Waals surface area contributed by atoms with Crippen molar-refractivity contribution in [1.82, 2.24) is 10.2 Å². The molecule has 1 aliphatic rings. The predicted octanol–water partition coefficient (Wildman–Crippen LogP) is 4.36. The highest BCUT2D eigenvalue weighted by atomic mass is 35.5. The topological polar surface area (TPSA) is 54.7 Å². The standard InChI is InChI=1S/C23H23ClN2O3/c24-20-7-5-19(6-8-20)21-9-10-22(29-21)23(27)25-15-17-1-3-18(4-2-17)16-26-11-13-28-14-12-26/h1-10H,11-16H2,(H,25,27). The van der Waals surface area contributed by atoms with Crippen LogP contribution in [0.4, 0.5) is 0 Å². The smallest absolute Gasteiger partial charge is 0.287 e. The average Bonchev–Trinajstić information content (AvgIpc) is 3.25. The van der Waals surface area contributed by atoms with E-state index in [-0.39, 0.29) is 5.91 Å². The second-order valence-electron chi connectivity index (χ2n) is 7.06. The summed E-state index contributed by atoms with van der Waals surface area (Å²) < 4.78 is 11.1. The van der Waals surface area contributed by atoms with Crippen LogP contribution in [0, 0.1) is 0 Å². The minimum Gasteiger partial charge on any atom is -0.451 e. The van der Waals surface area contributed by atoms with E-state index in [0.717, 1.165) is 44.0 Å². The molecule has 3 aromatic rings. The lowest BCUT2D eigenvalue weighted by atomic mass is 10.1. The fourth-order valence-corrected chi connectivity index (χ4v) is 3.40. The number of benzene rings is 2. The zero-order valence-electron chi connectivity index (χ0n) is 16.1. The minimum atomic E-state index is -0.234. The van der Waals surface area contributed by atoms with Crippen molar-refractivity contribution in [3.8, 4) is 11.3 Å². The normalized spacial score (nSPS) is 14.7. The molecule has 0 atom stereocenters. The van der Waals surface area contributed by atoms with Crippen LogP contribution < -0.4 is 5.32 Å². The van der Waals surface area contributed by atoms with Gasteiger partial charge in [-0.05, 0) is 47.5 Å². The van der Waals surface area contributed by atoms with E-state index in [0.29, 0.717) is 23.1 Å². The Kier molecular flexibility index (Phi) is 6.30. The number of amides is 1. The molecule has 0 spiro atoms. The lowest BCUT2D eigenvalue weighted by Gasteiger charge is -2.26. The third-order valence-corrected chi connectivity index (χ3v) is 5.20. The molecule has 0 saturated carbocycles. The number of ether oxygens (including phenoxy) is 1. The summed E-state index contributed by atoms with van der Waals surface area (Å²) >= 11 is 5.91. The van der Waals surface area contributed by atoms with Gasteiger partial charge >= 0.3 is 0 Å². The predicted molar refractivity (Wildman–Crippen MR) is 113 cm³/mol. The molecule has 1 aromatic heterocycles. The van der Waals surface area contributed by atoms with Crippen molar-refractivity contribution in [2.75, 3.05) is 26.3 Å². The lowest BCUT2D eigenvalue weighted by molar-refractivity contribution is 0.0342. The SMILES string of the molecule is O=C(NCc1ccc(CN2CCOCC2)cc1)c1ccc(-c2ccc(Cl)cc2)o1. The molecule has 1 fully saturated rings. The van der Waals surface area contributed by atoms with Crippen molar-refractivity contribution < 1.29 is 13.9 Å². The number of rotatable bonds is 6. The Hall–Kier alpha value is -2.60. The molecule has 29 heavy (non-hydrogen) atoms. The molecule has 1 amide bonds. The summed E-state index contributed by atoms with van der Waals surface area (Å²) in [5.74, 6) is 0.695. The Morgan fingerprint density at radius 2 is 1.62 bits per heavy atom. The van der Waals surface area contributed by atoms with E-state index in [1.165, 1.54) is 5.56 Å². The lowest BCUT2D eigenvalue weighted by Crippen LogP contribution is -2.35. The van der Waals surface area contributed by atoms with Gasteiger partial charge in [0.1, 0.15) is 5.76 Å². The summed E-state index contributed by atoms with van der Waals surface area (Å²) in [4.78, 5) is 14.8. The first-order valence-electron chi connectivity index (χ1n) is 9.69. The number of carbonyl (C=O) groups excluding carboxylic acids is 1. The van der Waals surface area contributed by atoms with Gasteiger partial charge in [0.25, 0.3) is 5.91 Å². The molecule has 150 valence electrons. The maximum absolute atomic E-state index is 12.4. The molecule has 2 heterocycles. The van der Waals surface area contributed by atoms with E-state index in [4.69, 9.17) is 20.8 Å². The minimum absolute atomic E-state index is 0.234. The number of furan rings is 1. The average molecular weight is 411 g/mol. The molecule has 0 radical (unpaired) electrons. The van der Waals surface area contributed by atoms with Crippen LogP contribution in [0.2, 0.25) is 5.02 Å². The third kappa shape index (κ3) is 5.26. The Balaban J connectivity index is 1.30. The molecular weight excluding hydrogens is 388 g/mol. The van der Waals surface area contributed by atoms with E-state index in [1.54, 1.807) is 24.3 Å². The maximum Gasteiger partial charge on any atom is 0.287 e. The molecular formula is C23H23ClN2O3. The van der Waals surface area contributed by atoms with Gasteiger partial charge in [-0.15, -0.1) is 0 Å². The summed E-state index contributed by atoms with van der Waals surface area (Å²) in [5.41, 5.74) is 3.19. The summed E-state index contributed by atoms with van der Waals surface area (Å²) in [6, 6.07) is 19.1. The number of hydrogen-bond donors (Lipinski definition) is 1. The molecule has 2 aromatic carbocycles. The van der Waals surface area contributed by atoms with Crippen molar-refractivity contribution >= 4 is 17.5 Å². The number of hydrogen-bond acceptors (Lipinski definition) is 4. The van der Waals surface area contributed by atoms with E-state index < -0.39 is 0 Å². The van der Waals surface area contributed by atoms with Gasteiger partial charge in [-0.25, -0.2) is 0 Å². The van der Waals surface area contributed by atoms with Gasteiger partial charge in [0.05, 0.1) is 13.2 Å². The van der Waals surface area contributed by atoms with Crippen LogP contribution in [0.5, 0.6) is 0 Å². The van der Waals surface area contributed by atoms with Crippen LogP contribution in [0.3, 0.4) is 0 Å². The van der Waals surface area contributed by atoms with E-state index in [9.17, 15) is 4.79 Å². The van der Waals surface area contributed by atoms with Crippen molar-refractivity contribution in [2.24, 2.45) is 0 Å². The summed E-state index contributed by atoms with van der Waals surface area (Å²) in [5, 5.41) is 3.57. The van der Waals surface area contributed by atoms with Gasteiger partial charge < -0.3 is 14.5 Å². The van der Waals surface area contributed by atoms with Crippen LogP contribution in [0.15, 0.2) is 65.1 Å². The highest BCUT2D eigenvalue weighted by Crippen LogP contribution is 2.23. The van der Waals surface area contributed by atoms with Gasteiger partial charge in [0, 0.05) is 36.8 Å². The Bertz CT molecular complexity index is 945. The summed E-state index contributed by atoms with van der Waals surface area (Å²) in [7, 11) is 0. The quantitative estimate of drug-likeness (QED) is 0.656. The third-order valence-electron chi connectivity index (χ3n) is 4.94. The number of nitrogens with zero attached hydrogens (tertiary/aromatic N) is 1. The van der Waals surface area contributed by atoms with Gasteiger partial charge in [-0.3, -0.25) is 9.69 Å². The molecule has 1 N–H and O–H groups in total. The van der Waals surface area contributed by atoms with E-state index in [2.05, 4.69) is 34.5 Å². The molecule has 1 aliphatic heterocycles. The first-order valence-corrected chi connectivity index (χ1v) is 10.1. The molecule has 5 nitrogen and oxygen atoms in total. The second kappa shape index (κ2) is 9.27. The fourth-order valence-electron chi connectivity index (χ4n) is 3.28. The number of halogens is 1. The van der Waals surface area contributed by atoms with Gasteiger partial charge in [-0.1, -0.05) is 35.9 Å². The highest BCUT2D eigenvalue weighted by molar-refractivity contribution is 6.30. The van der Waals surface area contributed by atoms with Gasteiger partial charge in [0.15, 0.2) is 5.76 Å². The zero-order valence-corrected chi connectivity index (χ0v) is 16.8. The van der Waals surface area contributed by atoms with Crippen LogP contribution in [-0.2, 0) is 17.8 Å². The molecule has 0 bridgehead atoms.